The highest BCUT2D eigenvalue weighted by Crippen LogP contribution is 2.38. The van der Waals surface area contributed by atoms with Gasteiger partial charge in [0, 0.05) is 31.7 Å². The molecule has 11 heteroatoms. The van der Waals surface area contributed by atoms with Crippen LogP contribution in [-0.4, -0.2) is 45.8 Å². The number of benzene rings is 1. The van der Waals surface area contributed by atoms with Gasteiger partial charge < -0.3 is 15.5 Å². The predicted octanol–water partition coefficient (Wildman–Crippen LogP) is 3.79. The Morgan fingerprint density at radius 2 is 2.06 bits per heavy atom. The van der Waals surface area contributed by atoms with E-state index >= 15 is 0 Å². The highest BCUT2D eigenvalue weighted by molar-refractivity contribution is 7.20. The molecule has 1 aromatic carbocycles. The Morgan fingerprint density at radius 1 is 1.28 bits per heavy atom. The number of imidazole rings is 1. The van der Waals surface area contributed by atoms with Gasteiger partial charge >= 0.3 is 0 Å². The molecule has 4 aromatic rings. The number of anilines is 3. The summed E-state index contributed by atoms with van der Waals surface area (Å²) >= 11 is 2.84. The highest BCUT2D eigenvalue weighted by atomic mass is 32.1. The fourth-order valence-corrected chi connectivity index (χ4v) is 5.65. The normalized spacial score (nSPS) is 16.1. The fourth-order valence-electron chi connectivity index (χ4n) is 3.85. The number of nitrogens with two attached hydrogens (primary N) is 1. The molecule has 0 unspecified atom stereocenters. The Labute approximate surface area is 192 Å². The first-order valence-corrected chi connectivity index (χ1v) is 11.9. The Bertz CT molecular complexity index is 1320. The van der Waals surface area contributed by atoms with E-state index in [-0.39, 0.29) is 11.9 Å². The lowest BCUT2D eigenvalue weighted by Gasteiger charge is -2.16. The van der Waals surface area contributed by atoms with Crippen LogP contribution >= 0.6 is 22.7 Å². The Hall–Kier alpha value is -3.07. The molecule has 4 heterocycles. The number of aromatic nitrogens is 4. The van der Waals surface area contributed by atoms with Crippen molar-refractivity contribution in [1.82, 2.24) is 19.6 Å². The van der Waals surface area contributed by atoms with Crippen LogP contribution in [0.2, 0.25) is 0 Å². The van der Waals surface area contributed by atoms with Crippen molar-refractivity contribution in [1.29, 1.82) is 5.26 Å². The van der Waals surface area contributed by atoms with Crippen LogP contribution in [0.15, 0.2) is 24.3 Å². The molecule has 2 N–H and O–H groups in total. The molecule has 0 saturated carbocycles. The first-order valence-electron chi connectivity index (χ1n) is 10.3. The van der Waals surface area contributed by atoms with E-state index in [0.717, 1.165) is 47.5 Å². The van der Waals surface area contributed by atoms with E-state index in [0.29, 0.717) is 21.3 Å². The van der Waals surface area contributed by atoms with Gasteiger partial charge in [0.15, 0.2) is 10.9 Å². The van der Waals surface area contributed by atoms with Gasteiger partial charge in [0.25, 0.3) is 0 Å². The number of fused-ring (bicyclic) bond motifs is 1. The molecule has 3 aromatic heterocycles. The van der Waals surface area contributed by atoms with Crippen LogP contribution in [0.4, 0.5) is 20.5 Å². The van der Waals surface area contributed by atoms with Crippen molar-refractivity contribution >= 4 is 43.7 Å². The quantitative estimate of drug-likeness (QED) is 0.476. The number of hydrogen-bond acceptors (Lipinski definition) is 9. The molecule has 0 aliphatic carbocycles. The van der Waals surface area contributed by atoms with Crippen molar-refractivity contribution in [2.24, 2.45) is 5.73 Å². The molecule has 0 bridgehead atoms. The molecular formula is C21H21FN8S2. The second-order valence-electron chi connectivity index (χ2n) is 7.66. The first-order chi connectivity index (χ1) is 15.5. The van der Waals surface area contributed by atoms with E-state index < -0.39 is 0 Å². The lowest BCUT2D eigenvalue weighted by atomic mass is 10.1. The van der Waals surface area contributed by atoms with Crippen molar-refractivity contribution in [3.63, 3.8) is 0 Å². The zero-order chi connectivity index (χ0) is 22.4. The topological polar surface area (TPSA) is 99.4 Å². The van der Waals surface area contributed by atoms with E-state index in [2.05, 4.69) is 17.9 Å². The Kier molecular flexibility index (Phi) is 5.28. The largest absolute Gasteiger partial charge is 0.345 e. The van der Waals surface area contributed by atoms with Crippen LogP contribution in [0.25, 0.3) is 16.2 Å². The lowest BCUT2D eigenvalue weighted by molar-refractivity contribution is 0.628. The molecule has 1 atom stereocenters. The van der Waals surface area contributed by atoms with E-state index in [4.69, 9.17) is 20.8 Å². The maximum atomic E-state index is 13.4. The molecule has 32 heavy (non-hydrogen) atoms. The van der Waals surface area contributed by atoms with Gasteiger partial charge in [-0.1, -0.05) is 29.6 Å². The van der Waals surface area contributed by atoms with Crippen LogP contribution in [0, 0.1) is 17.1 Å². The highest BCUT2D eigenvalue weighted by Gasteiger charge is 2.27. The maximum Gasteiger partial charge on any atom is 0.216 e. The van der Waals surface area contributed by atoms with Crippen molar-refractivity contribution in [3.05, 3.63) is 40.7 Å². The zero-order valence-electron chi connectivity index (χ0n) is 17.6. The molecule has 5 rings (SSSR count). The number of thiazole rings is 1. The number of aryl methyl sites for hydroxylation is 1. The number of rotatable bonds is 5. The number of hydrogen-bond donors (Lipinski definition) is 1. The molecule has 164 valence electrons. The fraction of sp³-hybridized carbons (Fsp3) is 0.333. The number of halogens is 1. The molecule has 0 spiro atoms. The van der Waals surface area contributed by atoms with E-state index in [1.54, 1.807) is 23.5 Å². The summed E-state index contributed by atoms with van der Waals surface area (Å²) in [7, 11) is 1.90. The summed E-state index contributed by atoms with van der Waals surface area (Å²) in [5, 5.41) is 16.0. The lowest BCUT2D eigenvalue weighted by Crippen LogP contribution is -2.26. The summed E-state index contributed by atoms with van der Waals surface area (Å²) in [5.41, 5.74) is 8.23. The average Bonchev–Trinajstić information content (AvgIpc) is 3.55. The molecule has 1 aliphatic rings. The van der Waals surface area contributed by atoms with Gasteiger partial charge in [0.1, 0.15) is 22.5 Å². The minimum Gasteiger partial charge on any atom is -0.345 e. The SMILES string of the molecule is CCc1nc2sc(N3CC[C@@H](N)C3)nn2c1N(C)c1nc(-c2ccc(F)cc2)c(C#N)s1. The summed E-state index contributed by atoms with van der Waals surface area (Å²) in [6.45, 7) is 3.74. The number of nitrogens with zero attached hydrogens (tertiary/aromatic N) is 7. The smallest absolute Gasteiger partial charge is 0.216 e. The minimum absolute atomic E-state index is 0.171. The van der Waals surface area contributed by atoms with Crippen molar-refractivity contribution in [2.45, 2.75) is 25.8 Å². The van der Waals surface area contributed by atoms with Crippen LogP contribution in [0.5, 0.6) is 0 Å². The second-order valence-corrected chi connectivity index (χ2v) is 9.57. The van der Waals surface area contributed by atoms with Gasteiger partial charge in [-0.15, -0.1) is 5.10 Å². The van der Waals surface area contributed by atoms with Crippen LogP contribution < -0.4 is 15.5 Å². The first kappa shape index (κ1) is 20.8. The molecule has 0 amide bonds. The zero-order valence-corrected chi connectivity index (χ0v) is 19.3. The van der Waals surface area contributed by atoms with Crippen molar-refractivity contribution in [2.75, 3.05) is 29.9 Å². The van der Waals surface area contributed by atoms with Gasteiger partial charge in [-0.25, -0.2) is 14.4 Å². The third kappa shape index (κ3) is 3.50. The van der Waals surface area contributed by atoms with Crippen LogP contribution in [-0.2, 0) is 6.42 Å². The van der Waals surface area contributed by atoms with E-state index in [1.165, 1.54) is 23.5 Å². The van der Waals surface area contributed by atoms with Crippen molar-refractivity contribution in [3.8, 4) is 17.3 Å². The number of nitriles is 1. The maximum absolute atomic E-state index is 13.4. The van der Waals surface area contributed by atoms with Crippen LogP contribution in [0.3, 0.4) is 0 Å². The van der Waals surface area contributed by atoms with E-state index in [1.807, 2.05) is 16.5 Å². The standard InChI is InChI=1S/C21H21FN8S2/c1-3-15-18(30-20(25-15)32-21(27-30)29-9-8-14(24)11-29)28(2)19-26-17(16(10-23)31-19)12-4-6-13(22)7-5-12/h4-7,14H,3,8-9,11,24H2,1-2H3/t14-/m1/s1. The molecule has 1 fully saturated rings. The summed E-state index contributed by atoms with van der Waals surface area (Å²) in [5.74, 6) is 0.504. The van der Waals surface area contributed by atoms with Gasteiger partial charge in [-0.3, -0.25) is 0 Å². The van der Waals surface area contributed by atoms with Crippen LogP contribution in [0.1, 0.15) is 23.9 Å². The average molecular weight is 469 g/mol. The summed E-state index contributed by atoms with van der Waals surface area (Å²) in [6.07, 6.45) is 1.69. The minimum atomic E-state index is -0.327. The van der Waals surface area contributed by atoms with E-state index in [9.17, 15) is 9.65 Å². The van der Waals surface area contributed by atoms with Gasteiger partial charge in [0.05, 0.1) is 5.69 Å². The molecule has 1 aliphatic heterocycles. The second kappa shape index (κ2) is 8.12. The Morgan fingerprint density at radius 3 is 2.72 bits per heavy atom. The summed E-state index contributed by atoms with van der Waals surface area (Å²) in [6, 6.07) is 8.41. The molecule has 8 nitrogen and oxygen atoms in total. The summed E-state index contributed by atoms with van der Waals surface area (Å²) in [4.78, 5) is 14.9. The van der Waals surface area contributed by atoms with Gasteiger partial charge in [0.2, 0.25) is 10.1 Å². The predicted molar refractivity (Wildman–Crippen MR) is 125 cm³/mol. The van der Waals surface area contributed by atoms with Gasteiger partial charge in [-0.05, 0) is 37.1 Å². The molecule has 1 saturated heterocycles. The van der Waals surface area contributed by atoms with Gasteiger partial charge in [-0.2, -0.15) is 9.78 Å². The third-order valence-electron chi connectivity index (χ3n) is 5.51. The monoisotopic (exact) mass is 468 g/mol. The Balaban J connectivity index is 1.55. The summed E-state index contributed by atoms with van der Waals surface area (Å²) < 4.78 is 15.2. The van der Waals surface area contributed by atoms with Crippen molar-refractivity contribution < 1.29 is 4.39 Å². The molecular weight excluding hydrogens is 447 g/mol. The molecule has 0 radical (unpaired) electrons. The third-order valence-corrected chi connectivity index (χ3v) is 7.51.